The normalized spacial score (nSPS) is 31.2. The van der Waals surface area contributed by atoms with Crippen LogP contribution in [0, 0.1) is 5.41 Å². The number of hydrogen-bond donors (Lipinski definition) is 4. The average molecular weight is 392 g/mol. The van der Waals surface area contributed by atoms with Crippen molar-refractivity contribution in [3.8, 4) is 0 Å². The van der Waals surface area contributed by atoms with Gasteiger partial charge in [-0.25, -0.2) is 0 Å². The van der Waals surface area contributed by atoms with E-state index in [4.69, 9.17) is 28.9 Å². The van der Waals surface area contributed by atoms with Crippen molar-refractivity contribution >= 4 is 47.5 Å². The zero-order valence-corrected chi connectivity index (χ0v) is 15.7. The number of nitrogens with two attached hydrogens (primary N) is 1. The van der Waals surface area contributed by atoms with Crippen LogP contribution < -0.4 is 16.4 Å². The minimum Gasteiger partial charge on any atom is -0.353 e. The number of thiol groups is 1. The Morgan fingerprint density at radius 2 is 2.25 bits per heavy atom. The van der Waals surface area contributed by atoms with Crippen molar-refractivity contribution in [3.63, 3.8) is 0 Å². The Morgan fingerprint density at radius 3 is 2.88 bits per heavy atom. The van der Waals surface area contributed by atoms with Crippen molar-refractivity contribution in [1.29, 1.82) is 0 Å². The maximum Gasteiger partial charge on any atom is 0.239 e. The molecule has 2 rings (SSSR count). The Bertz CT molecular complexity index is 549. The molecule has 8 heteroatoms. The fourth-order valence-corrected chi connectivity index (χ4v) is 3.71. The van der Waals surface area contributed by atoms with Gasteiger partial charge >= 0.3 is 0 Å². The summed E-state index contributed by atoms with van der Waals surface area (Å²) >= 11 is 16.7. The summed E-state index contributed by atoms with van der Waals surface area (Å²) in [7, 11) is 0. The summed E-state index contributed by atoms with van der Waals surface area (Å²) in [5.74, 6) is -0.298. The number of Topliss-reactive ketones (excluding diaryl/α,β-unsaturated/α-hetero) is 1. The molecule has 0 spiro atoms. The van der Waals surface area contributed by atoms with Gasteiger partial charge in [0.25, 0.3) is 0 Å². The summed E-state index contributed by atoms with van der Waals surface area (Å²) in [6.45, 7) is 0.965. The average Bonchev–Trinajstić information content (AvgIpc) is 2.62. The standard InChI is InChI=1S/C16H23Cl2N3O2S/c17-11-4-3-6-16(13(11)18,15(23)21-8-10(19)9-24)14(22)12-5-1-2-7-20-12/h3-4,6,10,12-13,20,24H,1-2,5,7-9,19H2,(H,21,23)/t10-,12?,13?,16?/m1/s1. The van der Waals surface area contributed by atoms with E-state index >= 15 is 0 Å². The van der Waals surface area contributed by atoms with E-state index in [9.17, 15) is 9.59 Å². The summed E-state index contributed by atoms with van der Waals surface area (Å²) in [6, 6.07) is -0.707. The second-order valence-corrected chi connectivity index (χ2v) is 7.40. The number of hydrogen-bond acceptors (Lipinski definition) is 5. The minimum absolute atomic E-state index is 0.217. The van der Waals surface area contributed by atoms with Gasteiger partial charge in [0, 0.05) is 23.4 Å². The topological polar surface area (TPSA) is 84.2 Å². The first kappa shape index (κ1) is 19.8. The molecule has 3 unspecified atom stereocenters. The molecule has 1 fully saturated rings. The lowest BCUT2D eigenvalue weighted by Crippen LogP contribution is -2.59. The number of nitrogens with one attached hydrogen (secondary N) is 2. The molecule has 4 atom stereocenters. The van der Waals surface area contributed by atoms with Crippen LogP contribution in [0.1, 0.15) is 19.3 Å². The van der Waals surface area contributed by atoms with Crippen molar-refractivity contribution in [2.24, 2.45) is 11.1 Å². The van der Waals surface area contributed by atoms with E-state index in [0.29, 0.717) is 12.2 Å². The number of piperidine rings is 1. The molecule has 1 aliphatic carbocycles. The number of allylic oxidation sites excluding steroid dienone is 3. The van der Waals surface area contributed by atoms with Gasteiger partial charge < -0.3 is 16.4 Å². The number of ketones is 1. The summed E-state index contributed by atoms with van der Waals surface area (Å²) in [5.41, 5.74) is 4.27. The number of carbonyl (C=O) groups excluding carboxylic acids is 2. The lowest BCUT2D eigenvalue weighted by atomic mass is 9.72. The fraction of sp³-hybridized carbons (Fsp3) is 0.625. The Labute approximate surface area is 157 Å². The smallest absolute Gasteiger partial charge is 0.239 e. The SMILES string of the molecule is N[C@@H](CS)CNC(=O)C1(C(=O)C2CCCCN2)C=CC=C(Cl)C1Cl. The third-order valence-corrected chi connectivity index (χ3v) is 5.93. The lowest BCUT2D eigenvalue weighted by molar-refractivity contribution is -0.140. The van der Waals surface area contributed by atoms with Crippen LogP contribution in [-0.4, -0.2) is 48.0 Å². The zero-order chi connectivity index (χ0) is 17.7. The van der Waals surface area contributed by atoms with Gasteiger partial charge in [0.2, 0.25) is 5.91 Å². The monoisotopic (exact) mass is 391 g/mol. The highest BCUT2D eigenvalue weighted by molar-refractivity contribution is 7.80. The summed E-state index contributed by atoms with van der Waals surface area (Å²) in [4.78, 5) is 26.1. The Hall–Kier alpha value is -0.530. The molecule has 24 heavy (non-hydrogen) atoms. The van der Waals surface area contributed by atoms with E-state index in [-0.39, 0.29) is 23.4 Å². The van der Waals surface area contributed by atoms with Crippen molar-refractivity contribution in [2.45, 2.75) is 36.7 Å². The van der Waals surface area contributed by atoms with Gasteiger partial charge in [-0.1, -0.05) is 30.2 Å². The highest BCUT2D eigenvalue weighted by Gasteiger charge is 2.53. The van der Waals surface area contributed by atoms with Gasteiger partial charge in [-0.15, -0.1) is 11.6 Å². The molecule has 134 valence electrons. The van der Waals surface area contributed by atoms with Gasteiger partial charge in [-0.05, 0) is 25.5 Å². The predicted octanol–water partition coefficient (Wildman–Crippen LogP) is 1.36. The van der Waals surface area contributed by atoms with E-state index in [1.807, 2.05) is 0 Å². The summed E-state index contributed by atoms with van der Waals surface area (Å²) in [5, 5.41) is 5.26. The number of carbonyl (C=O) groups is 2. The molecule has 1 saturated heterocycles. The molecule has 0 radical (unpaired) electrons. The third kappa shape index (κ3) is 3.99. The first-order valence-corrected chi connectivity index (χ1v) is 9.49. The molecule has 0 aromatic rings. The highest BCUT2D eigenvalue weighted by atomic mass is 35.5. The summed E-state index contributed by atoms with van der Waals surface area (Å²) < 4.78 is 0. The number of amides is 1. The van der Waals surface area contributed by atoms with Crippen LogP contribution in [0.3, 0.4) is 0 Å². The molecule has 0 saturated carbocycles. The van der Waals surface area contributed by atoms with Gasteiger partial charge in [-0.3, -0.25) is 9.59 Å². The largest absolute Gasteiger partial charge is 0.353 e. The molecule has 1 heterocycles. The van der Waals surface area contributed by atoms with Gasteiger partial charge in [0.1, 0.15) is 5.41 Å². The maximum atomic E-state index is 13.2. The van der Waals surface area contributed by atoms with E-state index in [2.05, 4.69) is 23.3 Å². The quantitative estimate of drug-likeness (QED) is 0.313. The molecule has 1 aliphatic heterocycles. The van der Waals surface area contributed by atoms with Gasteiger partial charge in [-0.2, -0.15) is 12.6 Å². The second kappa shape index (κ2) is 8.72. The molecule has 0 aromatic carbocycles. The van der Waals surface area contributed by atoms with Crippen molar-refractivity contribution < 1.29 is 9.59 Å². The number of halogens is 2. The number of alkyl halides is 1. The van der Waals surface area contributed by atoms with Crippen LogP contribution in [0.25, 0.3) is 0 Å². The first-order valence-electron chi connectivity index (χ1n) is 8.05. The first-order chi connectivity index (χ1) is 11.4. The van der Waals surface area contributed by atoms with Crippen LogP contribution in [0.15, 0.2) is 23.3 Å². The van der Waals surface area contributed by atoms with Crippen molar-refractivity contribution in [2.75, 3.05) is 18.8 Å². The van der Waals surface area contributed by atoms with Crippen LogP contribution in [0.5, 0.6) is 0 Å². The van der Waals surface area contributed by atoms with Crippen LogP contribution in [0.4, 0.5) is 0 Å². The Morgan fingerprint density at radius 1 is 1.50 bits per heavy atom. The Balaban J connectivity index is 2.28. The molecule has 2 aliphatic rings. The molecule has 1 amide bonds. The van der Waals surface area contributed by atoms with Crippen LogP contribution in [-0.2, 0) is 9.59 Å². The van der Waals surface area contributed by atoms with Gasteiger partial charge in [0.15, 0.2) is 5.78 Å². The van der Waals surface area contributed by atoms with Crippen molar-refractivity contribution in [3.05, 3.63) is 23.3 Å². The van der Waals surface area contributed by atoms with Crippen LogP contribution >= 0.6 is 35.8 Å². The van der Waals surface area contributed by atoms with E-state index in [1.165, 1.54) is 0 Å². The van der Waals surface area contributed by atoms with Crippen LogP contribution in [0.2, 0.25) is 0 Å². The number of rotatable bonds is 6. The minimum atomic E-state index is -1.53. The third-order valence-electron chi connectivity index (χ3n) is 4.43. The summed E-state index contributed by atoms with van der Waals surface area (Å²) in [6.07, 6.45) is 7.40. The predicted molar refractivity (Wildman–Crippen MR) is 101 cm³/mol. The van der Waals surface area contributed by atoms with E-state index in [1.54, 1.807) is 18.2 Å². The van der Waals surface area contributed by atoms with Crippen molar-refractivity contribution in [1.82, 2.24) is 10.6 Å². The Kier molecular flexibility index (Phi) is 7.19. The lowest BCUT2D eigenvalue weighted by Gasteiger charge is -2.37. The molecule has 4 N–H and O–H groups in total. The molecular weight excluding hydrogens is 369 g/mol. The second-order valence-electron chi connectivity index (χ2n) is 6.16. The fourth-order valence-electron chi connectivity index (χ4n) is 2.99. The highest BCUT2D eigenvalue weighted by Crippen LogP contribution is 2.40. The molecule has 5 nitrogen and oxygen atoms in total. The zero-order valence-electron chi connectivity index (χ0n) is 13.3. The van der Waals surface area contributed by atoms with E-state index < -0.39 is 22.7 Å². The van der Waals surface area contributed by atoms with Gasteiger partial charge in [0.05, 0.1) is 11.4 Å². The molecular formula is C16H23Cl2N3O2S. The molecule has 0 bridgehead atoms. The molecule has 0 aromatic heterocycles. The maximum absolute atomic E-state index is 13.2. The van der Waals surface area contributed by atoms with E-state index in [0.717, 1.165) is 19.4 Å².